The molecule has 0 aliphatic carbocycles. The molecule has 0 atom stereocenters. The third kappa shape index (κ3) is 3.94. The molecule has 134 valence electrons. The monoisotopic (exact) mass is 350 g/mol. The van der Waals surface area contributed by atoms with E-state index in [1.54, 1.807) is 0 Å². The Morgan fingerprint density at radius 2 is 1.85 bits per heavy atom. The molecule has 0 saturated heterocycles. The Bertz CT molecular complexity index is 909. The van der Waals surface area contributed by atoms with Gasteiger partial charge in [-0.2, -0.15) is 5.10 Å². The van der Waals surface area contributed by atoms with E-state index >= 15 is 0 Å². The Labute approximate surface area is 152 Å². The normalized spacial score (nSPS) is 11.3. The summed E-state index contributed by atoms with van der Waals surface area (Å²) in [5.41, 5.74) is 3.55. The second-order valence-corrected chi connectivity index (χ2v) is 7.21. The number of nitrogens with zero attached hydrogens (tertiary/aromatic N) is 1. The maximum Gasteiger partial charge on any atom is 0.353 e. The van der Waals surface area contributed by atoms with Crippen molar-refractivity contribution in [3.63, 3.8) is 0 Å². The van der Waals surface area contributed by atoms with Crippen molar-refractivity contribution >= 4 is 5.97 Å². The van der Waals surface area contributed by atoms with Crippen molar-refractivity contribution in [3.8, 4) is 17.0 Å². The predicted octanol–water partition coefficient (Wildman–Crippen LogP) is 4.65. The number of benzene rings is 2. The number of hydrogen-bond acceptors (Lipinski definition) is 3. The molecule has 0 aliphatic heterocycles. The molecule has 5 heteroatoms. The number of H-pyrrole nitrogens is 1. The maximum atomic E-state index is 11.1. The Morgan fingerprint density at radius 1 is 1.12 bits per heavy atom. The van der Waals surface area contributed by atoms with Crippen LogP contribution in [0.3, 0.4) is 0 Å². The molecule has 0 fully saturated rings. The minimum Gasteiger partial charge on any atom is -0.489 e. The SMILES string of the molecule is CC(C)(C)c1cc(-c2cc(C(=O)O)[nH]n2)ccc1OCc1ccccc1. The first-order valence-corrected chi connectivity index (χ1v) is 8.45. The number of carboxylic acids is 1. The largest absolute Gasteiger partial charge is 0.489 e. The number of ether oxygens (including phenoxy) is 1. The zero-order valence-corrected chi connectivity index (χ0v) is 15.1. The quantitative estimate of drug-likeness (QED) is 0.702. The summed E-state index contributed by atoms with van der Waals surface area (Å²) in [6, 6.07) is 17.4. The number of rotatable bonds is 5. The first kappa shape index (κ1) is 17.7. The van der Waals surface area contributed by atoms with Crippen molar-refractivity contribution < 1.29 is 14.6 Å². The molecule has 0 saturated carbocycles. The van der Waals surface area contributed by atoms with Gasteiger partial charge in [0.2, 0.25) is 0 Å². The molecule has 2 N–H and O–H groups in total. The summed E-state index contributed by atoms with van der Waals surface area (Å²) in [7, 11) is 0. The average Bonchev–Trinajstić information content (AvgIpc) is 3.10. The first-order chi connectivity index (χ1) is 12.3. The van der Waals surface area contributed by atoms with E-state index in [1.165, 1.54) is 6.07 Å². The zero-order valence-electron chi connectivity index (χ0n) is 15.1. The standard InChI is InChI=1S/C21H22N2O3/c1-21(2,3)16-11-15(17-12-18(20(24)25)23-22-17)9-10-19(16)26-13-14-7-5-4-6-8-14/h4-12H,13H2,1-3H3,(H,22,23)(H,24,25). The van der Waals surface area contributed by atoms with Crippen LogP contribution in [0.1, 0.15) is 42.4 Å². The molecule has 3 rings (SSSR count). The lowest BCUT2D eigenvalue weighted by atomic mass is 9.85. The molecule has 0 aliphatic rings. The Hall–Kier alpha value is -3.08. The number of nitrogens with one attached hydrogen (secondary N) is 1. The van der Waals surface area contributed by atoms with Crippen molar-refractivity contribution in [3.05, 3.63) is 71.4 Å². The third-order valence-electron chi connectivity index (χ3n) is 4.13. The zero-order chi connectivity index (χ0) is 18.7. The molecule has 0 unspecified atom stereocenters. The molecule has 0 spiro atoms. The fourth-order valence-electron chi connectivity index (χ4n) is 2.72. The Morgan fingerprint density at radius 3 is 2.46 bits per heavy atom. The van der Waals surface area contributed by atoms with Gasteiger partial charge in [0.15, 0.2) is 0 Å². The lowest BCUT2D eigenvalue weighted by Gasteiger charge is -2.23. The van der Waals surface area contributed by atoms with Crippen LogP contribution in [0.2, 0.25) is 0 Å². The van der Waals surface area contributed by atoms with E-state index in [4.69, 9.17) is 9.84 Å². The van der Waals surface area contributed by atoms with E-state index in [1.807, 2.05) is 48.5 Å². The van der Waals surface area contributed by atoms with Crippen molar-refractivity contribution in [1.29, 1.82) is 0 Å². The summed E-state index contributed by atoms with van der Waals surface area (Å²) < 4.78 is 6.06. The highest BCUT2D eigenvalue weighted by atomic mass is 16.5. The van der Waals surface area contributed by atoms with Crippen molar-refractivity contribution in [2.24, 2.45) is 0 Å². The van der Waals surface area contributed by atoms with Crippen LogP contribution in [0.25, 0.3) is 11.3 Å². The molecule has 1 heterocycles. The summed E-state index contributed by atoms with van der Waals surface area (Å²) in [6.45, 7) is 6.85. The van der Waals surface area contributed by atoms with Gasteiger partial charge >= 0.3 is 5.97 Å². The lowest BCUT2D eigenvalue weighted by Crippen LogP contribution is -2.13. The minimum absolute atomic E-state index is 0.0710. The van der Waals surface area contributed by atoms with Crippen LogP contribution in [0.4, 0.5) is 0 Å². The molecular weight excluding hydrogens is 328 g/mol. The van der Waals surface area contributed by atoms with E-state index in [0.29, 0.717) is 12.3 Å². The number of carboxylic acid groups (broad SMARTS) is 1. The van der Waals surface area contributed by atoms with Crippen LogP contribution < -0.4 is 4.74 Å². The number of carbonyl (C=O) groups is 1. The summed E-state index contributed by atoms with van der Waals surface area (Å²) in [6.07, 6.45) is 0. The number of aromatic carboxylic acids is 1. The summed E-state index contributed by atoms with van der Waals surface area (Å²) in [5.74, 6) is -0.207. The van der Waals surface area contributed by atoms with Crippen LogP contribution >= 0.6 is 0 Å². The number of hydrogen-bond donors (Lipinski definition) is 2. The fraction of sp³-hybridized carbons (Fsp3) is 0.238. The number of aromatic nitrogens is 2. The summed E-state index contributed by atoms with van der Waals surface area (Å²) >= 11 is 0. The Kier molecular flexibility index (Phi) is 4.80. The molecule has 0 amide bonds. The average molecular weight is 350 g/mol. The second-order valence-electron chi connectivity index (χ2n) is 7.21. The molecule has 3 aromatic rings. The third-order valence-corrected chi connectivity index (χ3v) is 4.13. The van der Waals surface area contributed by atoms with Gasteiger partial charge in [-0.15, -0.1) is 0 Å². The van der Waals surface area contributed by atoms with Gasteiger partial charge in [-0.1, -0.05) is 51.1 Å². The number of aromatic amines is 1. The highest BCUT2D eigenvalue weighted by Crippen LogP contribution is 2.35. The van der Waals surface area contributed by atoms with Gasteiger partial charge in [0.05, 0.1) is 5.69 Å². The molecule has 1 aromatic heterocycles. The van der Waals surface area contributed by atoms with Crippen LogP contribution in [0.15, 0.2) is 54.6 Å². The molecule has 2 aromatic carbocycles. The van der Waals surface area contributed by atoms with E-state index in [9.17, 15) is 4.79 Å². The maximum absolute atomic E-state index is 11.1. The van der Waals surface area contributed by atoms with Gasteiger partial charge in [-0.05, 0) is 35.2 Å². The molecule has 0 bridgehead atoms. The van der Waals surface area contributed by atoms with Crippen LogP contribution in [-0.4, -0.2) is 21.3 Å². The van der Waals surface area contributed by atoms with Gasteiger partial charge in [0.1, 0.15) is 18.1 Å². The van der Waals surface area contributed by atoms with E-state index in [-0.39, 0.29) is 11.1 Å². The van der Waals surface area contributed by atoms with E-state index in [2.05, 4.69) is 31.0 Å². The van der Waals surface area contributed by atoms with Gasteiger partial charge in [0, 0.05) is 11.1 Å². The van der Waals surface area contributed by atoms with Crippen molar-refractivity contribution in [1.82, 2.24) is 10.2 Å². The van der Waals surface area contributed by atoms with Gasteiger partial charge in [-0.3, -0.25) is 5.10 Å². The van der Waals surface area contributed by atoms with Gasteiger partial charge in [0.25, 0.3) is 0 Å². The predicted molar refractivity (Wildman–Crippen MR) is 100 cm³/mol. The molecule has 5 nitrogen and oxygen atoms in total. The van der Waals surface area contributed by atoms with Gasteiger partial charge in [-0.25, -0.2) is 4.79 Å². The van der Waals surface area contributed by atoms with Crippen LogP contribution in [0.5, 0.6) is 5.75 Å². The minimum atomic E-state index is -1.03. The van der Waals surface area contributed by atoms with Crippen molar-refractivity contribution in [2.45, 2.75) is 32.8 Å². The van der Waals surface area contributed by atoms with Crippen LogP contribution in [0, 0.1) is 0 Å². The highest BCUT2D eigenvalue weighted by Gasteiger charge is 2.21. The molecule has 0 radical (unpaired) electrons. The fourth-order valence-corrected chi connectivity index (χ4v) is 2.72. The Balaban J connectivity index is 1.91. The van der Waals surface area contributed by atoms with Crippen LogP contribution in [-0.2, 0) is 12.0 Å². The smallest absolute Gasteiger partial charge is 0.353 e. The lowest BCUT2D eigenvalue weighted by molar-refractivity contribution is 0.0690. The molecule has 26 heavy (non-hydrogen) atoms. The highest BCUT2D eigenvalue weighted by molar-refractivity contribution is 5.86. The van der Waals surface area contributed by atoms with Gasteiger partial charge < -0.3 is 9.84 Å². The van der Waals surface area contributed by atoms with E-state index < -0.39 is 5.97 Å². The molecular formula is C21H22N2O3. The summed E-state index contributed by atoms with van der Waals surface area (Å²) in [5, 5.41) is 15.7. The first-order valence-electron chi connectivity index (χ1n) is 8.45. The second kappa shape index (κ2) is 7.04. The van der Waals surface area contributed by atoms with E-state index in [0.717, 1.165) is 22.4 Å². The van der Waals surface area contributed by atoms with Crippen molar-refractivity contribution in [2.75, 3.05) is 0 Å². The summed E-state index contributed by atoms with van der Waals surface area (Å²) in [4.78, 5) is 11.1. The topological polar surface area (TPSA) is 75.2 Å².